The number of aromatic nitrogens is 3. The Labute approximate surface area is 143 Å². The summed E-state index contributed by atoms with van der Waals surface area (Å²) in [6.07, 6.45) is 4.30. The fraction of sp³-hybridized carbons (Fsp3) is 0.444. The quantitative estimate of drug-likeness (QED) is 0.914. The lowest BCUT2D eigenvalue weighted by molar-refractivity contribution is 0.0790. The van der Waals surface area contributed by atoms with Crippen molar-refractivity contribution in [1.29, 1.82) is 0 Å². The molecule has 6 nitrogen and oxygen atoms in total. The summed E-state index contributed by atoms with van der Waals surface area (Å²) in [5, 5.41) is 3.21. The van der Waals surface area contributed by atoms with Crippen molar-refractivity contribution in [3.8, 4) is 0 Å². The first-order valence-corrected chi connectivity index (χ1v) is 8.03. The summed E-state index contributed by atoms with van der Waals surface area (Å²) in [5.41, 5.74) is 2.16. The molecule has 2 aromatic heterocycles. The standard InChI is InChI=1S/C18H25N5O/c1-13-12-15(21-17(20-13)22-18(2,3)4)16(24)23(5)11-8-14-6-9-19-10-7-14/h6-7,9-10,12H,8,11H2,1-5H3,(H,20,21,22). The summed E-state index contributed by atoms with van der Waals surface area (Å²) >= 11 is 0. The molecule has 0 bridgehead atoms. The number of hydrogen-bond acceptors (Lipinski definition) is 5. The average Bonchev–Trinajstić information content (AvgIpc) is 2.50. The van der Waals surface area contributed by atoms with Crippen molar-refractivity contribution >= 4 is 11.9 Å². The first-order valence-electron chi connectivity index (χ1n) is 8.03. The van der Waals surface area contributed by atoms with Crippen molar-refractivity contribution in [1.82, 2.24) is 19.9 Å². The largest absolute Gasteiger partial charge is 0.350 e. The van der Waals surface area contributed by atoms with Crippen LogP contribution in [-0.4, -0.2) is 44.9 Å². The van der Waals surface area contributed by atoms with E-state index >= 15 is 0 Å². The van der Waals surface area contributed by atoms with Crippen LogP contribution in [0.25, 0.3) is 0 Å². The van der Waals surface area contributed by atoms with Gasteiger partial charge >= 0.3 is 0 Å². The Bertz CT molecular complexity index is 694. The van der Waals surface area contributed by atoms with E-state index in [2.05, 4.69) is 20.3 Å². The van der Waals surface area contributed by atoms with E-state index in [1.54, 1.807) is 30.4 Å². The number of carbonyl (C=O) groups is 1. The second-order valence-corrected chi connectivity index (χ2v) is 6.93. The van der Waals surface area contributed by atoms with Crippen LogP contribution in [0.2, 0.25) is 0 Å². The van der Waals surface area contributed by atoms with Crippen LogP contribution in [-0.2, 0) is 6.42 Å². The Morgan fingerprint density at radius 3 is 2.50 bits per heavy atom. The molecule has 0 atom stereocenters. The third kappa shape index (κ3) is 5.30. The molecular weight excluding hydrogens is 302 g/mol. The van der Waals surface area contributed by atoms with Crippen LogP contribution in [0.15, 0.2) is 30.6 Å². The number of nitrogens with zero attached hydrogens (tertiary/aromatic N) is 4. The Morgan fingerprint density at radius 2 is 1.88 bits per heavy atom. The number of likely N-dealkylation sites (N-methyl/N-ethyl adjacent to an activating group) is 1. The maximum atomic E-state index is 12.6. The SMILES string of the molecule is Cc1cc(C(=O)N(C)CCc2ccncc2)nc(NC(C)(C)C)n1. The average molecular weight is 327 g/mol. The molecule has 0 aliphatic carbocycles. The molecule has 2 rings (SSSR count). The lowest BCUT2D eigenvalue weighted by Gasteiger charge is -2.22. The van der Waals surface area contributed by atoms with E-state index < -0.39 is 0 Å². The molecule has 0 aliphatic rings. The summed E-state index contributed by atoms with van der Waals surface area (Å²) in [7, 11) is 1.79. The summed E-state index contributed by atoms with van der Waals surface area (Å²) in [5.74, 6) is 0.375. The van der Waals surface area contributed by atoms with Crippen LogP contribution in [0.1, 0.15) is 42.5 Å². The molecule has 128 valence electrons. The van der Waals surface area contributed by atoms with Gasteiger partial charge in [0.2, 0.25) is 5.95 Å². The fourth-order valence-electron chi connectivity index (χ4n) is 2.21. The molecule has 0 aromatic carbocycles. The van der Waals surface area contributed by atoms with Crippen molar-refractivity contribution < 1.29 is 4.79 Å². The van der Waals surface area contributed by atoms with E-state index in [1.807, 2.05) is 39.8 Å². The summed E-state index contributed by atoms with van der Waals surface area (Å²) < 4.78 is 0. The van der Waals surface area contributed by atoms with E-state index in [-0.39, 0.29) is 11.4 Å². The van der Waals surface area contributed by atoms with Crippen molar-refractivity contribution in [3.05, 3.63) is 47.5 Å². The van der Waals surface area contributed by atoms with Crippen LogP contribution < -0.4 is 5.32 Å². The van der Waals surface area contributed by atoms with Gasteiger partial charge in [-0.25, -0.2) is 9.97 Å². The molecule has 0 saturated carbocycles. The third-order valence-corrected chi connectivity index (χ3v) is 3.39. The maximum absolute atomic E-state index is 12.6. The molecule has 0 spiro atoms. The fourth-order valence-corrected chi connectivity index (χ4v) is 2.21. The minimum Gasteiger partial charge on any atom is -0.350 e. The third-order valence-electron chi connectivity index (χ3n) is 3.39. The molecule has 1 amide bonds. The van der Waals surface area contributed by atoms with E-state index in [9.17, 15) is 4.79 Å². The van der Waals surface area contributed by atoms with Gasteiger partial charge in [0.05, 0.1) is 0 Å². The van der Waals surface area contributed by atoms with Gasteiger partial charge in [-0.05, 0) is 57.9 Å². The smallest absolute Gasteiger partial charge is 0.272 e. The molecule has 1 N–H and O–H groups in total. The number of carbonyl (C=O) groups excluding carboxylic acids is 1. The van der Waals surface area contributed by atoms with Gasteiger partial charge in [-0.2, -0.15) is 0 Å². The van der Waals surface area contributed by atoms with Gasteiger partial charge < -0.3 is 10.2 Å². The molecular formula is C18H25N5O. The maximum Gasteiger partial charge on any atom is 0.272 e. The second kappa shape index (κ2) is 7.38. The molecule has 0 aliphatic heterocycles. The first-order chi connectivity index (χ1) is 11.2. The van der Waals surface area contributed by atoms with Gasteiger partial charge in [0.15, 0.2) is 0 Å². The molecule has 24 heavy (non-hydrogen) atoms. The topological polar surface area (TPSA) is 71.0 Å². The number of amides is 1. The lowest BCUT2D eigenvalue weighted by Crippen LogP contribution is -2.31. The highest BCUT2D eigenvalue weighted by Crippen LogP contribution is 2.13. The van der Waals surface area contributed by atoms with Gasteiger partial charge in [0, 0.05) is 37.2 Å². The van der Waals surface area contributed by atoms with E-state index in [4.69, 9.17) is 0 Å². The highest BCUT2D eigenvalue weighted by Gasteiger charge is 2.17. The van der Waals surface area contributed by atoms with Crippen molar-refractivity contribution in [2.75, 3.05) is 18.9 Å². The predicted molar refractivity (Wildman–Crippen MR) is 95.0 cm³/mol. The van der Waals surface area contributed by atoms with Crippen LogP contribution in [0.3, 0.4) is 0 Å². The molecule has 0 unspecified atom stereocenters. The van der Waals surface area contributed by atoms with Crippen molar-refractivity contribution in [3.63, 3.8) is 0 Å². The molecule has 0 fully saturated rings. The Kier molecular flexibility index (Phi) is 5.49. The zero-order valence-electron chi connectivity index (χ0n) is 15.0. The van der Waals surface area contributed by atoms with Gasteiger partial charge in [0.1, 0.15) is 5.69 Å². The minimum absolute atomic E-state index is 0.105. The number of rotatable bonds is 5. The van der Waals surface area contributed by atoms with Crippen LogP contribution in [0.4, 0.5) is 5.95 Å². The molecule has 2 heterocycles. The first kappa shape index (κ1) is 17.8. The zero-order valence-corrected chi connectivity index (χ0v) is 15.0. The van der Waals surface area contributed by atoms with Crippen LogP contribution in [0.5, 0.6) is 0 Å². The number of pyridine rings is 1. The van der Waals surface area contributed by atoms with Gasteiger partial charge in [-0.15, -0.1) is 0 Å². The van der Waals surface area contributed by atoms with Gasteiger partial charge in [-0.3, -0.25) is 9.78 Å². The Morgan fingerprint density at radius 1 is 1.21 bits per heavy atom. The Balaban J connectivity index is 2.07. The van der Waals surface area contributed by atoms with Gasteiger partial charge in [0.25, 0.3) is 5.91 Å². The number of anilines is 1. The minimum atomic E-state index is -0.165. The number of aryl methyl sites for hydroxylation is 1. The second-order valence-electron chi connectivity index (χ2n) is 6.93. The Hall–Kier alpha value is -2.50. The van der Waals surface area contributed by atoms with Gasteiger partial charge in [-0.1, -0.05) is 0 Å². The lowest BCUT2D eigenvalue weighted by atomic mass is 10.1. The highest BCUT2D eigenvalue weighted by molar-refractivity contribution is 5.92. The summed E-state index contributed by atoms with van der Waals surface area (Å²) in [6.45, 7) is 8.57. The highest BCUT2D eigenvalue weighted by atomic mass is 16.2. The summed E-state index contributed by atoms with van der Waals surface area (Å²) in [4.78, 5) is 27.0. The van der Waals surface area contributed by atoms with Crippen LogP contribution in [0, 0.1) is 6.92 Å². The van der Waals surface area contributed by atoms with E-state index in [0.717, 1.165) is 17.7 Å². The number of nitrogens with one attached hydrogen (secondary N) is 1. The monoisotopic (exact) mass is 327 g/mol. The van der Waals surface area contributed by atoms with E-state index in [1.165, 1.54) is 0 Å². The molecule has 0 radical (unpaired) electrons. The normalized spacial score (nSPS) is 11.2. The predicted octanol–water partition coefficient (Wildman–Crippen LogP) is 2.71. The van der Waals surface area contributed by atoms with E-state index in [0.29, 0.717) is 18.2 Å². The molecule has 0 saturated heterocycles. The summed E-state index contributed by atoms with van der Waals surface area (Å²) in [6, 6.07) is 5.64. The van der Waals surface area contributed by atoms with Crippen LogP contribution >= 0.6 is 0 Å². The zero-order chi connectivity index (χ0) is 17.7. The van der Waals surface area contributed by atoms with Crippen molar-refractivity contribution in [2.24, 2.45) is 0 Å². The molecule has 6 heteroatoms. The molecule has 2 aromatic rings. The van der Waals surface area contributed by atoms with Crippen molar-refractivity contribution in [2.45, 2.75) is 39.7 Å². The number of hydrogen-bond donors (Lipinski definition) is 1.